The first-order valence-corrected chi connectivity index (χ1v) is 7.71. The van der Waals surface area contributed by atoms with Gasteiger partial charge in [-0.15, -0.1) is 0 Å². The van der Waals surface area contributed by atoms with Crippen LogP contribution in [-0.2, 0) is 13.1 Å². The molecule has 0 fully saturated rings. The molecule has 3 rings (SSSR count). The zero-order valence-electron chi connectivity index (χ0n) is 12.7. The number of rotatable bonds is 4. The Morgan fingerprint density at radius 2 is 1.83 bits per heavy atom. The molecule has 5 heteroatoms. The van der Waals surface area contributed by atoms with E-state index < -0.39 is 5.63 Å². The maximum absolute atomic E-state index is 11.7. The average Bonchev–Trinajstić information content (AvgIpc) is 2.49. The summed E-state index contributed by atoms with van der Waals surface area (Å²) in [7, 11) is 2.05. The van der Waals surface area contributed by atoms with E-state index in [-0.39, 0.29) is 5.75 Å². The molecule has 0 aliphatic heterocycles. The first-order chi connectivity index (χ1) is 11.0. The van der Waals surface area contributed by atoms with Gasteiger partial charge in [-0.1, -0.05) is 29.8 Å². The standard InChI is InChI=1S/C18H16ClNO3/c1-20(10-12-4-2-3-5-16(12)19)11-13-8-18(22)23-17-9-14(21)6-7-15(13)17/h2-9,21H,10-11H2,1H3/p+1. The minimum absolute atomic E-state index is 0.0783. The monoisotopic (exact) mass is 330 g/mol. The Balaban J connectivity index is 1.89. The molecule has 0 radical (unpaired) electrons. The van der Waals surface area contributed by atoms with Crippen LogP contribution in [0.4, 0.5) is 0 Å². The van der Waals surface area contributed by atoms with Gasteiger partial charge in [0.05, 0.1) is 7.05 Å². The van der Waals surface area contributed by atoms with Gasteiger partial charge >= 0.3 is 5.63 Å². The van der Waals surface area contributed by atoms with E-state index in [2.05, 4.69) is 0 Å². The van der Waals surface area contributed by atoms with E-state index in [1.54, 1.807) is 12.1 Å². The van der Waals surface area contributed by atoms with E-state index in [0.29, 0.717) is 12.1 Å². The molecular formula is C18H17ClNO3+. The molecule has 0 aliphatic rings. The van der Waals surface area contributed by atoms with Crippen LogP contribution >= 0.6 is 11.6 Å². The maximum atomic E-state index is 11.7. The quantitative estimate of drug-likeness (QED) is 0.722. The van der Waals surface area contributed by atoms with Crippen molar-refractivity contribution in [2.24, 2.45) is 0 Å². The van der Waals surface area contributed by atoms with Crippen LogP contribution in [0.5, 0.6) is 5.75 Å². The smallest absolute Gasteiger partial charge is 0.336 e. The highest BCUT2D eigenvalue weighted by atomic mass is 35.5. The topological polar surface area (TPSA) is 54.9 Å². The normalized spacial score (nSPS) is 12.4. The van der Waals surface area contributed by atoms with Gasteiger partial charge in [-0.3, -0.25) is 0 Å². The molecule has 4 nitrogen and oxygen atoms in total. The number of halogens is 1. The zero-order valence-corrected chi connectivity index (χ0v) is 13.4. The lowest BCUT2D eigenvalue weighted by Crippen LogP contribution is -3.06. The fourth-order valence-corrected chi connectivity index (χ4v) is 2.92. The van der Waals surface area contributed by atoms with E-state index >= 15 is 0 Å². The number of aromatic hydroxyl groups is 1. The molecule has 0 bridgehead atoms. The molecule has 2 aromatic carbocycles. The Bertz CT molecular complexity index is 904. The summed E-state index contributed by atoms with van der Waals surface area (Å²) in [6.45, 7) is 1.40. The van der Waals surface area contributed by atoms with Crippen molar-refractivity contribution in [1.29, 1.82) is 0 Å². The van der Waals surface area contributed by atoms with Gasteiger partial charge in [-0.05, 0) is 18.2 Å². The van der Waals surface area contributed by atoms with Gasteiger partial charge in [-0.2, -0.15) is 0 Å². The largest absolute Gasteiger partial charge is 0.508 e. The van der Waals surface area contributed by atoms with Crippen LogP contribution in [0.1, 0.15) is 11.1 Å². The van der Waals surface area contributed by atoms with E-state index in [4.69, 9.17) is 16.0 Å². The number of nitrogens with one attached hydrogen (secondary N) is 1. The first kappa shape index (κ1) is 15.6. The van der Waals surface area contributed by atoms with Crippen molar-refractivity contribution in [3.63, 3.8) is 0 Å². The Labute approximate surface area is 138 Å². The summed E-state index contributed by atoms with van der Waals surface area (Å²) in [5.74, 6) is 0.0783. The first-order valence-electron chi connectivity index (χ1n) is 7.33. The lowest BCUT2D eigenvalue weighted by atomic mass is 10.1. The third kappa shape index (κ3) is 3.55. The van der Waals surface area contributed by atoms with Crippen molar-refractivity contribution < 1.29 is 14.4 Å². The highest BCUT2D eigenvalue weighted by molar-refractivity contribution is 6.31. The van der Waals surface area contributed by atoms with Crippen LogP contribution in [0.15, 0.2) is 57.7 Å². The number of phenols is 1. The van der Waals surface area contributed by atoms with Gasteiger partial charge in [0.25, 0.3) is 0 Å². The van der Waals surface area contributed by atoms with Crippen LogP contribution in [0.25, 0.3) is 11.0 Å². The summed E-state index contributed by atoms with van der Waals surface area (Å²) in [6, 6.07) is 14.1. The summed E-state index contributed by atoms with van der Waals surface area (Å²) >= 11 is 6.20. The number of hydrogen-bond donors (Lipinski definition) is 2. The average molecular weight is 331 g/mol. The second-order valence-electron chi connectivity index (χ2n) is 5.67. The van der Waals surface area contributed by atoms with Crippen LogP contribution < -0.4 is 10.5 Å². The van der Waals surface area contributed by atoms with Gasteiger partial charge in [0, 0.05) is 33.7 Å². The van der Waals surface area contributed by atoms with Gasteiger partial charge < -0.3 is 14.4 Å². The molecule has 0 saturated heterocycles. The van der Waals surface area contributed by atoms with Crippen LogP contribution in [-0.4, -0.2) is 12.2 Å². The fourth-order valence-electron chi connectivity index (χ4n) is 2.72. The Morgan fingerprint density at radius 3 is 2.61 bits per heavy atom. The highest BCUT2D eigenvalue weighted by Crippen LogP contribution is 2.21. The van der Waals surface area contributed by atoms with Crippen LogP contribution in [0.2, 0.25) is 5.02 Å². The van der Waals surface area contributed by atoms with Crippen LogP contribution in [0, 0.1) is 0 Å². The van der Waals surface area contributed by atoms with Gasteiger partial charge in [0.15, 0.2) is 0 Å². The summed E-state index contributed by atoms with van der Waals surface area (Å²) in [4.78, 5) is 12.9. The lowest BCUT2D eigenvalue weighted by Gasteiger charge is -2.15. The predicted molar refractivity (Wildman–Crippen MR) is 89.9 cm³/mol. The second kappa shape index (κ2) is 6.44. The predicted octanol–water partition coefficient (Wildman–Crippen LogP) is 2.37. The molecule has 0 saturated carbocycles. The third-order valence-corrected chi connectivity index (χ3v) is 4.12. The van der Waals surface area contributed by atoms with E-state index in [9.17, 15) is 9.90 Å². The molecule has 1 unspecified atom stereocenters. The van der Waals surface area contributed by atoms with E-state index in [0.717, 1.165) is 28.1 Å². The summed E-state index contributed by atoms with van der Waals surface area (Å²) in [6.07, 6.45) is 0. The number of fused-ring (bicyclic) bond motifs is 1. The molecular weight excluding hydrogens is 314 g/mol. The molecule has 1 atom stereocenters. The Hall–Kier alpha value is -2.30. The summed E-state index contributed by atoms with van der Waals surface area (Å²) in [5, 5.41) is 11.1. The minimum Gasteiger partial charge on any atom is -0.508 e. The lowest BCUT2D eigenvalue weighted by molar-refractivity contribution is -0.907. The molecule has 23 heavy (non-hydrogen) atoms. The van der Waals surface area contributed by atoms with Gasteiger partial charge in [0.2, 0.25) is 0 Å². The fraction of sp³-hybridized carbons (Fsp3) is 0.167. The number of benzene rings is 2. The molecule has 2 N–H and O–H groups in total. The maximum Gasteiger partial charge on any atom is 0.336 e. The Kier molecular flexibility index (Phi) is 4.37. The number of phenolic OH excluding ortho intramolecular Hbond substituents is 1. The zero-order chi connectivity index (χ0) is 16.4. The van der Waals surface area contributed by atoms with Gasteiger partial charge in [0.1, 0.15) is 24.4 Å². The molecule has 0 spiro atoms. The highest BCUT2D eigenvalue weighted by Gasteiger charge is 2.12. The van der Waals surface area contributed by atoms with Gasteiger partial charge in [-0.25, -0.2) is 4.79 Å². The molecule has 0 aliphatic carbocycles. The van der Waals surface area contributed by atoms with Crippen molar-refractivity contribution in [3.05, 3.63) is 75.1 Å². The molecule has 1 aromatic heterocycles. The van der Waals surface area contributed by atoms with Crippen molar-refractivity contribution in [3.8, 4) is 5.75 Å². The molecule has 118 valence electrons. The number of hydrogen-bond acceptors (Lipinski definition) is 3. The molecule has 0 amide bonds. The van der Waals surface area contributed by atoms with E-state index in [1.807, 2.05) is 31.3 Å². The van der Waals surface area contributed by atoms with Crippen LogP contribution in [0.3, 0.4) is 0 Å². The summed E-state index contributed by atoms with van der Waals surface area (Å²) in [5.41, 5.74) is 1.94. The molecule has 3 aromatic rings. The van der Waals surface area contributed by atoms with Crippen molar-refractivity contribution in [2.45, 2.75) is 13.1 Å². The minimum atomic E-state index is -0.413. The third-order valence-electron chi connectivity index (χ3n) is 3.76. The molecule has 1 heterocycles. The summed E-state index contributed by atoms with van der Waals surface area (Å²) < 4.78 is 5.16. The second-order valence-corrected chi connectivity index (χ2v) is 6.08. The SMILES string of the molecule is C[NH+](Cc1ccccc1Cl)Cc1cc(=O)oc2cc(O)ccc12. The van der Waals surface area contributed by atoms with Crippen molar-refractivity contribution >= 4 is 22.6 Å². The van der Waals surface area contributed by atoms with Crippen molar-refractivity contribution in [1.82, 2.24) is 0 Å². The Morgan fingerprint density at radius 1 is 1.09 bits per heavy atom. The van der Waals surface area contributed by atoms with E-state index in [1.165, 1.54) is 17.0 Å². The number of quaternary nitrogens is 1. The van der Waals surface area contributed by atoms with Crippen molar-refractivity contribution in [2.75, 3.05) is 7.05 Å².